The molecule has 1 N–H and O–H groups in total. The Hall–Kier alpha value is -2.13. The quantitative estimate of drug-likeness (QED) is 0.752. The summed E-state index contributed by atoms with van der Waals surface area (Å²) >= 11 is 1.26. The van der Waals surface area contributed by atoms with Crippen LogP contribution in [0, 0.1) is 0 Å². The fraction of sp³-hybridized carbons (Fsp3) is 0.500. The number of thioether (sulfide) groups is 1. The van der Waals surface area contributed by atoms with Gasteiger partial charge in [-0.3, -0.25) is 18.7 Å². The number of aryl methyl sites for hydroxylation is 1. The minimum atomic E-state index is -0.429. The van der Waals surface area contributed by atoms with Crippen molar-refractivity contribution in [1.82, 2.24) is 19.4 Å². The van der Waals surface area contributed by atoms with Crippen molar-refractivity contribution in [3.8, 4) is 0 Å². The maximum absolute atomic E-state index is 12.4. The molecule has 1 amide bonds. The van der Waals surface area contributed by atoms with Gasteiger partial charge in [0, 0.05) is 38.3 Å². The number of carbonyl (C=O) groups excluding carboxylic acids is 1. The first kappa shape index (κ1) is 17.7. The van der Waals surface area contributed by atoms with Crippen LogP contribution in [0.25, 0.3) is 11.0 Å². The standard InChI is InChI=1S/C16H20N4O4S/c1-19-14-13(15(22)20(2)16(19)23)11(5-6-17-14)25-9-12(21)18-8-10-4-3-7-24-10/h5-6,10H,3-4,7-9H2,1-2H3,(H,18,21)/t10-/m0/s1. The first-order valence-electron chi connectivity index (χ1n) is 8.05. The highest BCUT2D eigenvalue weighted by Crippen LogP contribution is 2.23. The number of amides is 1. The van der Waals surface area contributed by atoms with Gasteiger partial charge in [-0.05, 0) is 18.9 Å². The monoisotopic (exact) mass is 364 g/mol. The Bertz CT molecular complexity index is 915. The number of carbonyl (C=O) groups is 1. The number of aromatic nitrogens is 3. The molecule has 1 aliphatic rings. The zero-order valence-corrected chi connectivity index (χ0v) is 15.0. The van der Waals surface area contributed by atoms with Crippen molar-refractivity contribution in [2.45, 2.75) is 23.8 Å². The van der Waals surface area contributed by atoms with Crippen molar-refractivity contribution in [2.24, 2.45) is 14.1 Å². The van der Waals surface area contributed by atoms with Gasteiger partial charge in [0.15, 0.2) is 0 Å². The van der Waals surface area contributed by atoms with E-state index in [0.29, 0.717) is 22.5 Å². The van der Waals surface area contributed by atoms with Crippen LogP contribution in [0.4, 0.5) is 0 Å². The van der Waals surface area contributed by atoms with Crippen LogP contribution in [0.3, 0.4) is 0 Å². The molecule has 0 aliphatic carbocycles. The van der Waals surface area contributed by atoms with Crippen molar-refractivity contribution in [3.63, 3.8) is 0 Å². The number of nitrogens with one attached hydrogen (secondary N) is 1. The van der Waals surface area contributed by atoms with E-state index < -0.39 is 11.2 Å². The molecule has 0 spiro atoms. The molecule has 3 heterocycles. The Morgan fingerprint density at radius 1 is 1.40 bits per heavy atom. The third-order valence-corrected chi connectivity index (χ3v) is 5.27. The lowest BCUT2D eigenvalue weighted by molar-refractivity contribution is -0.119. The van der Waals surface area contributed by atoms with Crippen LogP contribution in [0.1, 0.15) is 12.8 Å². The maximum atomic E-state index is 12.4. The van der Waals surface area contributed by atoms with Gasteiger partial charge in [-0.15, -0.1) is 11.8 Å². The van der Waals surface area contributed by atoms with E-state index in [1.54, 1.807) is 13.1 Å². The zero-order valence-electron chi connectivity index (χ0n) is 14.2. The number of fused-ring (bicyclic) bond motifs is 1. The molecular weight excluding hydrogens is 344 g/mol. The van der Waals surface area contributed by atoms with Gasteiger partial charge in [-0.1, -0.05) is 0 Å². The van der Waals surface area contributed by atoms with E-state index in [4.69, 9.17) is 4.74 Å². The lowest BCUT2D eigenvalue weighted by atomic mass is 10.2. The van der Waals surface area contributed by atoms with Crippen molar-refractivity contribution in [2.75, 3.05) is 18.9 Å². The van der Waals surface area contributed by atoms with Gasteiger partial charge < -0.3 is 10.1 Å². The van der Waals surface area contributed by atoms with Gasteiger partial charge >= 0.3 is 5.69 Å². The molecule has 134 valence electrons. The van der Waals surface area contributed by atoms with Gasteiger partial charge in [0.25, 0.3) is 5.56 Å². The Kier molecular flexibility index (Phi) is 5.24. The fourth-order valence-corrected chi connectivity index (χ4v) is 3.68. The molecule has 9 heteroatoms. The van der Waals surface area contributed by atoms with Gasteiger partial charge in [0.1, 0.15) is 5.65 Å². The third-order valence-electron chi connectivity index (χ3n) is 4.21. The SMILES string of the molecule is Cn1c(=O)c2c(SCC(=O)NC[C@@H]3CCCO3)ccnc2n(C)c1=O. The molecule has 1 fully saturated rings. The predicted octanol–water partition coefficient (Wildman–Crippen LogP) is 0.0195. The smallest absolute Gasteiger partial charge is 0.332 e. The summed E-state index contributed by atoms with van der Waals surface area (Å²) in [6, 6.07) is 1.69. The number of rotatable bonds is 5. The van der Waals surface area contributed by atoms with E-state index in [1.165, 1.54) is 29.6 Å². The normalized spacial score (nSPS) is 17.1. The highest BCUT2D eigenvalue weighted by molar-refractivity contribution is 8.00. The van der Waals surface area contributed by atoms with Crippen LogP contribution >= 0.6 is 11.8 Å². The summed E-state index contributed by atoms with van der Waals surface area (Å²) < 4.78 is 7.85. The second kappa shape index (κ2) is 7.40. The predicted molar refractivity (Wildman–Crippen MR) is 94.9 cm³/mol. The molecule has 1 atom stereocenters. The second-order valence-electron chi connectivity index (χ2n) is 5.94. The van der Waals surface area contributed by atoms with Crippen LogP contribution in [0.2, 0.25) is 0 Å². The lowest BCUT2D eigenvalue weighted by Crippen LogP contribution is -2.37. The summed E-state index contributed by atoms with van der Waals surface area (Å²) in [5.41, 5.74) is -0.521. The van der Waals surface area contributed by atoms with Crippen LogP contribution in [-0.4, -0.2) is 45.0 Å². The van der Waals surface area contributed by atoms with Crippen LogP contribution in [0.5, 0.6) is 0 Å². The van der Waals surface area contributed by atoms with Crippen molar-refractivity contribution >= 4 is 28.7 Å². The first-order chi connectivity index (χ1) is 12.0. The summed E-state index contributed by atoms with van der Waals surface area (Å²) in [7, 11) is 3.00. The average molecular weight is 364 g/mol. The van der Waals surface area contributed by atoms with Gasteiger partial charge in [-0.2, -0.15) is 0 Å². The topological polar surface area (TPSA) is 95.2 Å². The molecule has 0 saturated carbocycles. The fourth-order valence-electron chi connectivity index (χ4n) is 2.81. The van der Waals surface area contributed by atoms with Gasteiger partial charge in [-0.25, -0.2) is 9.78 Å². The van der Waals surface area contributed by atoms with E-state index >= 15 is 0 Å². The lowest BCUT2D eigenvalue weighted by Gasteiger charge is -2.12. The van der Waals surface area contributed by atoms with E-state index in [1.807, 2.05) is 0 Å². The largest absolute Gasteiger partial charge is 0.376 e. The molecule has 3 rings (SSSR count). The van der Waals surface area contributed by atoms with Crippen LogP contribution < -0.4 is 16.6 Å². The van der Waals surface area contributed by atoms with E-state index in [9.17, 15) is 14.4 Å². The number of hydrogen-bond donors (Lipinski definition) is 1. The third kappa shape index (κ3) is 3.62. The first-order valence-corrected chi connectivity index (χ1v) is 9.03. The van der Waals surface area contributed by atoms with E-state index in [0.717, 1.165) is 24.0 Å². The molecule has 2 aromatic rings. The molecular formula is C16H20N4O4S. The molecule has 0 aromatic carbocycles. The summed E-state index contributed by atoms with van der Waals surface area (Å²) in [6.07, 6.45) is 3.62. The van der Waals surface area contributed by atoms with Crippen molar-refractivity contribution in [3.05, 3.63) is 33.1 Å². The molecule has 1 aliphatic heterocycles. The highest BCUT2D eigenvalue weighted by Gasteiger charge is 2.17. The number of ether oxygens (including phenoxy) is 1. The molecule has 0 radical (unpaired) electrons. The average Bonchev–Trinajstić information content (AvgIpc) is 3.14. The van der Waals surface area contributed by atoms with Gasteiger partial charge in [0.05, 0.1) is 17.2 Å². The van der Waals surface area contributed by atoms with Crippen LogP contribution in [0.15, 0.2) is 26.7 Å². The Labute approximate surface area is 148 Å². The molecule has 0 bridgehead atoms. The molecule has 1 saturated heterocycles. The summed E-state index contributed by atoms with van der Waals surface area (Å²) in [5, 5.41) is 3.20. The Balaban J connectivity index is 1.76. The van der Waals surface area contributed by atoms with E-state index in [-0.39, 0.29) is 17.8 Å². The second-order valence-corrected chi connectivity index (χ2v) is 6.96. The minimum Gasteiger partial charge on any atom is -0.376 e. The summed E-state index contributed by atoms with van der Waals surface area (Å²) in [4.78, 5) is 41.3. The molecule has 0 unspecified atom stereocenters. The molecule has 8 nitrogen and oxygen atoms in total. The van der Waals surface area contributed by atoms with Crippen molar-refractivity contribution < 1.29 is 9.53 Å². The minimum absolute atomic E-state index is 0.0949. The Morgan fingerprint density at radius 3 is 2.92 bits per heavy atom. The van der Waals surface area contributed by atoms with E-state index in [2.05, 4.69) is 10.3 Å². The van der Waals surface area contributed by atoms with Gasteiger partial charge in [0.2, 0.25) is 5.91 Å². The Morgan fingerprint density at radius 2 is 2.20 bits per heavy atom. The molecule has 25 heavy (non-hydrogen) atoms. The van der Waals surface area contributed by atoms with Crippen LogP contribution in [-0.2, 0) is 23.6 Å². The number of hydrogen-bond acceptors (Lipinski definition) is 6. The number of nitrogens with zero attached hydrogens (tertiary/aromatic N) is 3. The number of pyridine rings is 1. The molecule has 2 aromatic heterocycles. The highest BCUT2D eigenvalue weighted by atomic mass is 32.2. The summed E-state index contributed by atoms with van der Waals surface area (Å²) in [6.45, 7) is 1.26. The van der Waals surface area contributed by atoms with Crippen molar-refractivity contribution in [1.29, 1.82) is 0 Å². The maximum Gasteiger partial charge on any atom is 0.332 e. The summed E-state index contributed by atoms with van der Waals surface area (Å²) in [5.74, 6) is 0.0600. The zero-order chi connectivity index (χ0) is 18.0.